The standard InChI is InChI=1S/C36H61N3O6/c1-5-6-17-30(35(42)38-31(23-27-13-9-7-10-14-27)34(41)33(40)22-26(2)3)37-32(24-28-15-11-8-12-16-28)36(43)39-20-18-29(19-21-39)45-25-44-4/h8,11-12,15-16,26-27,29-34,37,40-41H,5-7,9-10,13-14,17-25H2,1-4H3,(H,38,42)/t30-,31-,32-,33-,34+/m0/s1. The molecule has 0 radical (unpaired) electrons. The van der Waals surface area contributed by atoms with Crippen molar-refractivity contribution in [3.63, 3.8) is 0 Å². The van der Waals surface area contributed by atoms with Gasteiger partial charge < -0.3 is 29.9 Å². The molecule has 1 aromatic carbocycles. The van der Waals surface area contributed by atoms with Crippen LogP contribution >= 0.6 is 0 Å². The molecule has 5 atom stereocenters. The highest BCUT2D eigenvalue weighted by Crippen LogP contribution is 2.29. The minimum absolute atomic E-state index is 0.00973. The van der Waals surface area contributed by atoms with Gasteiger partial charge in [0.15, 0.2) is 0 Å². The van der Waals surface area contributed by atoms with Gasteiger partial charge in [-0.25, -0.2) is 0 Å². The molecule has 9 heteroatoms. The fraction of sp³-hybridized carbons (Fsp3) is 0.778. The molecule has 1 aromatic rings. The summed E-state index contributed by atoms with van der Waals surface area (Å²) in [5.41, 5.74) is 1.03. The van der Waals surface area contributed by atoms with Crippen LogP contribution in [0.3, 0.4) is 0 Å². The number of piperidine rings is 1. The first kappa shape index (κ1) is 37.4. The molecule has 0 unspecified atom stereocenters. The molecule has 1 saturated carbocycles. The maximum Gasteiger partial charge on any atom is 0.240 e. The number of aliphatic hydroxyl groups is 2. The predicted octanol–water partition coefficient (Wildman–Crippen LogP) is 4.58. The number of unbranched alkanes of at least 4 members (excludes halogenated alkanes) is 1. The Bertz CT molecular complexity index is 965. The summed E-state index contributed by atoms with van der Waals surface area (Å²) >= 11 is 0. The summed E-state index contributed by atoms with van der Waals surface area (Å²) in [6.45, 7) is 7.57. The molecule has 4 N–H and O–H groups in total. The fourth-order valence-electron chi connectivity index (χ4n) is 6.88. The third-order valence-electron chi connectivity index (χ3n) is 9.48. The first-order valence-electron chi connectivity index (χ1n) is 17.6. The van der Waals surface area contributed by atoms with Crippen molar-refractivity contribution in [1.29, 1.82) is 0 Å². The molecule has 2 aliphatic rings. The first-order chi connectivity index (χ1) is 21.7. The van der Waals surface area contributed by atoms with E-state index in [1.165, 1.54) is 6.42 Å². The molecule has 45 heavy (non-hydrogen) atoms. The number of rotatable bonds is 19. The van der Waals surface area contributed by atoms with Crippen molar-refractivity contribution in [3.05, 3.63) is 35.9 Å². The van der Waals surface area contributed by atoms with Crippen molar-refractivity contribution >= 4 is 11.8 Å². The molecule has 0 spiro atoms. The van der Waals surface area contributed by atoms with Gasteiger partial charge in [0.05, 0.1) is 30.3 Å². The number of methoxy groups -OCH3 is 1. The van der Waals surface area contributed by atoms with E-state index in [-0.39, 0.29) is 30.6 Å². The predicted molar refractivity (Wildman–Crippen MR) is 178 cm³/mol. The normalized spacial score (nSPS) is 20.0. The lowest BCUT2D eigenvalue weighted by molar-refractivity contribution is -0.139. The minimum atomic E-state index is -1.05. The van der Waals surface area contributed by atoms with Crippen LogP contribution in [0.2, 0.25) is 0 Å². The Kier molecular flexibility index (Phi) is 16.8. The fourth-order valence-corrected chi connectivity index (χ4v) is 6.88. The van der Waals surface area contributed by atoms with Crippen LogP contribution in [-0.4, -0.2) is 90.4 Å². The first-order valence-corrected chi connectivity index (χ1v) is 17.6. The van der Waals surface area contributed by atoms with Crippen LogP contribution in [0.25, 0.3) is 0 Å². The lowest BCUT2D eigenvalue weighted by Crippen LogP contribution is -2.59. The third kappa shape index (κ3) is 12.9. The quantitative estimate of drug-likeness (QED) is 0.165. The van der Waals surface area contributed by atoms with Crippen molar-refractivity contribution in [3.8, 4) is 0 Å². The number of aliphatic hydroxyl groups excluding tert-OH is 2. The average molecular weight is 632 g/mol. The van der Waals surface area contributed by atoms with Gasteiger partial charge in [-0.1, -0.05) is 96.0 Å². The van der Waals surface area contributed by atoms with Crippen molar-refractivity contribution in [1.82, 2.24) is 15.5 Å². The Morgan fingerprint density at radius 1 is 1.00 bits per heavy atom. The van der Waals surface area contributed by atoms with E-state index in [4.69, 9.17) is 9.47 Å². The number of nitrogens with zero attached hydrogens (tertiary/aromatic N) is 1. The molecule has 3 rings (SSSR count). The zero-order valence-electron chi connectivity index (χ0n) is 28.3. The van der Waals surface area contributed by atoms with Gasteiger partial charge in [0, 0.05) is 20.2 Å². The van der Waals surface area contributed by atoms with E-state index in [2.05, 4.69) is 17.6 Å². The second-order valence-corrected chi connectivity index (χ2v) is 13.7. The smallest absolute Gasteiger partial charge is 0.240 e. The number of benzene rings is 1. The van der Waals surface area contributed by atoms with Gasteiger partial charge >= 0.3 is 0 Å². The largest absolute Gasteiger partial charge is 0.390 e. The Morgan fingerprint density at radius 3 is 2.31 bits per heavy atom. The van der Waals surface area contributed by atoms with Crippen molar-refractivity contribution < 1.29 is 29.3 Å². The lowest BCUT2D eigenvalue weighted by Gasteiger charge is -2.36. The average Bonchev–Trinajstić information content (AvgIpc) is 3.05. The number of likely N-dealkylation sites (tertiary alicyclic amines) is 1. The third-order valence-corrected chi connectivity index (χ3v) is 9.48. The Balaban J connectivity index is 1.78. The minimum Gasteiger partial charge on any atom is -0.390 e. The summed E-state index contributed by atoms with van der Waals surface area (Å²) in [5, 5.41) is 28.9. The molecule has 1 heterocycles. The van der Waals surface area contributed by atoms with Gasteiger partial charge in [-0.15, -0.1) is 0 Å². The van der Waals surface area contributed by atoms with Crippen LogP contribution < -0.4 is 10.6 Å². The summed E-state index contributed by atoms with van der Waals surface area (Å²) < 4.78 is 10.8. The second-order valence-electron chi connectivity index (χ2n) is 13.7. The number of nitrogens with one attached hydrogen (secondary N) is 2. The van der Waals surface area contributed by atoms with Gasteiger partial charge in [-0.3, -0.25) is 14.9 Å². The molecule has 256 valence electrons. The molecule has 2 amide bonds. The van der Waals surface area contributed by atoms with E-state index in [0.29, 0.717) is 44.7 Å². The maximum absolute atomic E-state index is 14.1. The van der Waals surface area contributed by atoms with Crippen LogP contribution in [0.1, 0.15) is 103 Å². The molecule has 1 aliphatic carbocycles. The van der Waals surface area contributed by atoms with Crippen LogP contribution in [0, 0.1) is 11.8 Å². The maximum atomic E-state index is 14.1. The van der Waals surface area contributed by atoms with Gasteiger partial charge in [-0.05, 0) is 55.9 Å². The zero-order valence-corrected chi connectivity index (χ0v) is 28.3. The van der Waals surface area contributed by atoms with Crippen molar-refractivity contribution in [2.45, 2.75) is 141 Å². The Morgan fingerprint density at radius 2 is 1.69 bits per heavy atom. The highest BCUT2D eigenvalue weighted by atomic mass is 16.7. The van der Waals surface area contributed by atoms with Gasteiger partial charge in [0.25, 0.3) is 0 Å². The number of amides is 2. The molecule has 1 saturated heterocycles. The molecular formula is C36H61N3O6. The van der Waals surface area contributed by atoms with Gasteiger partial charge in [-0.2, -0.15) is 0 Å². The van der Waals surface area contributed by atoms with Crippen LogP contribution in [0.15, 0.2) is 30.3 Å². The van der Waals surface area contributed by atoms with E-state index < -0.39 is 30.3 Å². The number of hydrogen-bond acceptors (Lipinski definition) is 7. The molecular weight excluding hydrogens is 570 g/mol. The summed E-state index contributed by atoms with van der Waals surface area (Å²) in [6.07, 6.45) is 9.21. The summed E-state index contributed by atoms with van der Waals surface area (Å²) in [7, 11) is 1.61. The molecule has 9 nitrogen and oxygen atoms in total. The number of ether oxygens (including phenoxy) is 2. The molecule has 1 aliphatic heterocycles. The van der Waals surface area contributed by atoms with Crippen LogP contribution in [0.4, 0.5) is 0 Å². The van der Waals surface area contributed by atoms with E-state index in [1.807, 2.05) is 49.1 Å². The summed E-state index contributed by atoms with van der Waals surface area (Å²) in [6, 6.07) is 8.20. The van der Waals surface area contributed by atoms with Crippen molar-refractivity contribution in [2.75, 3.05) is 27.0 Å². The summed E-state index contributed by atoms with van der Waals surface area (Å²) in [4.78, 5) is 30.0. The molecule has 0 bridgehead atoms. The monoisotopic (exact) mass is 631 g/mol. The van der Waals surface area contributed by atoms with E-state index >= 15 is 0 Å². The highest BCUT2D eigenvalue weighted by Gasteiger charge is 2.35. The molecule has 2 fully saturated rings. The van der Waals surface area contributed by atoms with Crippen LogP contribution in [0.5, 0.6) is 0 Å². The van der Waals surface area contributed by atoms with Crippen LogP contribution in [-0.2, 0) is 25.5 Å². The van der Waals surface area contributed by atoms with Crippen molar-refractivity contribution in [2.24, 2.45) is 11.8 Å². The topological polar surface area (TPSA) is 120 Å². The number of carbonyl (C=O) groups is 2. The highest BCUT2D eigenvalue weighted by molar-refractivity contribution is 5.86. The van der Waals surface area contributed by atoms with E-state index in [0.717, 1.165) is 56.9 Å². The second kappa shape index (κ2) is 20.3. The Hall–Kier alpha value is -2.04. The lowest BCUT2D eigenvalue weighted by atomic mass is 9.82. The van der Waals surface area contributed by atoms with Gasteiger partial charge in [0.1, 0.15) is 12.9 Å². The van der Waals surface area contributed by atoms with Gasteiger partial charge in [0.2, 0.25) is 11.8 Å². The number of hydrogen-bond donors (Lipinski definition) is 4. The SMILES string of the molecule is CCCC[C@H](N[C@@H](Cc1ccccc1)C(=O)N1CCC(OCOC)CC1)C(=O)N[C@@H](CC1CCCCC1)[C@@H](O)[C@@H](O)CC(C)C. The zero-order chi connectivity index (χ0) is 32.6. The molecule has 0 aromatic heterocycles. The number of carbonyl (C=O) groups excluding carboxylic acids is 2. The van der Waals surface area contributed by atoms with E-state index in [9.17, 15) is 19.8 Å². The Labute approximate surface area is 271 Å². The summed E-state index contributed by atoms with van der Waals surface area (Å²) in [5.74, 6) is 0.415. The van der Waals surface area contributed by atoms with E-state index in [1.54, 1.807) is 7.11 Å².